The highest BCUT2D eigenvalue weighted by Gasteiger charge is 2.10. The maximum atomic E-state index is 8.84. The monoisotopic (exact) mass is 414 g/mol. The van der Waals surface area contributed by atoms with Crippen molar-refractivity contribution in [3.8, 4) is 5.88 Å². The van der Waals surface area contributed by atoms with Gasteiger partial charge in [0, 0.05) is 13.1 Å². The fourth-order valence-corrected chi connectivity index (χ4v) is 2.77. The standard InChI is InChI=1S/C20H23ClN6O2/c1-12-4-5-15(16(8-12)22-3)25-19-14(21)10-24-20(27-19)26-17-11-23-18(9-13(17)2)29-7-6-28/h4-5,8-11,22,28H,6-7H2,1-3H3,(H2,24,25,26,27). The fraction of sp³-hybridized carbons (Fsp3) is 0.250. The summed E-state index contributed by atoms with van der Waals surface area (Å²) < 4.78 is 5.32. The molecule has 0 aliphatic rings. The third kappa shape index (κ3) is 5.24. The van der Waals surface area contributed by atoms with Crippen LogP contribution in [0, 0.1) is 13.8 Å². The van der Waals surface area contributed by atoms with Crippen molar-refractivity contribution in [1.82, 2.24) is 15.0 Å². The number of ether oxygens (including phenoxy) is 1. The molecule has 0 radical (unpaired) electrons. The third-order valence-corrected chi connectivity index (χ3v) is 4.39. The number of rotatable bonds is 8. The van der Waals surface area contributed by atoms with E-state index in [4.69, 9.17) is 21.4 Å². The van der Waals surface area contributed by atoms with E-state index in [1.165, 1.54) is 6.20 Å². The molecule has 0 spiro atoms. The number of nitrogens with zero attached hydrogens (tertiary/aromatic N) is 3. The van der Waals surface area contributed by atoms with Gasteiger partial charge in [0.1, 0.15) is 11.6 Å². The summed E-state index contributed by atoms with van der Waals surface area (Å²) >= 11 is 6.29. The Bertz CT molecular complexity index is 999. The summed E-state index contributed by atoms with van der Waals surface area (Å²) in [7, 11) is 1.86. The van der Waals surface area contributed by atoms with Gasteiger partial charge < -0.3 is 25.8 Å². The minimum Gasteiger partial charge on any atom is -0.475 e. The number of nitrogens with one attached hydrogen (secondary N) is 3. The fourth-order valence-electron chi connectivity index (χ4n) is 2.63. The molecule has 152 valence electrons. The molecule has 2 heterocycles. The van der Waals surface area contributed by atoms with Gasteiger partial charge in [0.2, 0.25) is 11.8 Å². The first-order valence-electron chi connectivity index (χ1n) is 9.05. The molecule has 2 aromatic heterocycles. The predicted molar refractivity (Wildman–Crippen MR) is 116 cm³/mol. The second-order valence-corrected chi connectivity index (χ2v) is 6.76. The summed E-state index contributed by atoms with van der Waals surface area (Å²) in [4.78, 5) is 12.9. The van der Waals surface area contributed by atoms with E-state index in [-0.39, 0.29) is 13.2 Å². The van der Waals surface area contributed by atoms with Gasteiger partial charge in [-0.2, -0.15) is 4.98 Å². The molecule has 0 aliphatic heterocycles. The van der Waals surface area contributed by atoms with Crippen LogP contribution in [0.2, 0.25) is 5.02 Å². The summed E-state index contributed by atoms with van der Waals surface area (Å²) in [5, 5.41) is 18.8. The van der Waals surface area contributed by atoms with Crippen LogP contribution in [0.25, 0.3) is 0 Å². The molecular weight excluding hydrogens is 392 g/mol. The summed E-state index contributed by atoms with van der Waals surface area (Å²) in [6.45, 7) is 4.07. The molecule has 0 bridgehead atoms. The zero-order chi connectivity index (χ0) is 20.8. The van der Waals surface area contributed by atoms with Gasteiger partial charge in [-0.1, -0.05) is 17.7 Å². The largest absolute Gasteiger partial charge is 0.475 e. The van der Waals surface area contributed by atoms with Gasteiger partial charge in [-0.3, -0.25) is 0 Å². The van der Waals surface area contributed by atoms with E-state index in [1.807, 2.05) is 39.1 Å². The molecule has 3 aromatic rings. The van der Waals surface area contributed by atoms with E-state index in [1.54, 1.807) is 12.3 Å². The highest BCUT2D eigenvalue weighted by molar-refractivity contribution is 6.33. The number of aryl methyl sites for hydroxylation is 2. The summed E-state index contributed by atoms with van der Waals surface area (Å²) in [6, 6.07) is 7.78. The SMILES string of the molecule is CNc1cc(C)ccc1Nc1nc(Nc2cnc(OCCO)cc2C)ncc1Cl. The Morgan fingerprint density at radius 2 is 1.86 bits per heavy atom. The summed E-state index contributed by atoms with van der Waals surface area (Å²) in [6.07, 6.45) is 3.17. The molecule has 0 fully saturated rings. The maximum Gasteiger partial charge on any atom is 0.229 e. The van der Waals surface area contributed by atoms with Gasteiger partial charge in [-0.25, -0.2) is 9.97 Å². The molecular formula is C20H23ClN6O2. The molecule has 1 aromatic carbocycles. The molecule has 0 atom stereocenters. The van der Waals surface area contributed by atoms with Crippen molar-refractivity contribution in [1.29, 1.82) is 0 Å². The summed E-state index contributed by atoms with van der Waals surface area (Å²) in [5.74, 6) is 1.31. The van der Waals surface area contributed by atoms with E-state index in [0.29, 0.717) is 22.7 Å². The van der Waals surface area contributed by atoms with Crippen LogP contribution in [-0.2, 0) is 0 Å². The van der Waals surface area contributed by atoms with Gasteiger partial charge in [0.15, 0.2) is 5.82 Å². The average Bonchev–Trinajstić information content (AvgIpc) is 2.71. The lowest BCUT2D eigenvalue weighted by molar-refractivity contribution is 0.196. The Balaban J connectivity index is 1.81. The normalized spacial score (nSPS) is 10.5. The average molecular weight is 415 g/mol. The number of anilines is 5. The highest BCUT2D eigenvalue weighted by atomic mass is 35.5. The number of hydrogen-bond donors (Lipinski definition) is 4. The van der Waals surface area contributed by atoms with E-state index >= 15 is 0 Å². The molecule has 0 saturated heterocycles. The highest BCUT2D eigenvalue weighted by Crippen LogP contribution is 2.30. The van der Waals surface area contributed by atoms with Crippen LogP contribution in [0.1, 0.15) is 11.1 Å². The number of benzene rings is 1. The molecule has 0 aliphatic carbocycles. The first-order valence-corrected chi connectivity index (χ1v) is 9.43. The number of pyridine rings is 1. The van der Waals surface area contributed by atoms with E-state index < -0.39 is 0 Å². The lowest BCUT2D eigenvalue weighted by atomic mass is 10.2. The Morgan fingerprint density at radius 3 is 2.59 bits per heavy atom. The lowest BCUT2D eigenvalue weighted by Crippen LogP contribution is -2.06. The van der Waals surface area contributed by atoms with E-state index in [0.717, 1.165) is 28.2 Å². The van der Waals surface area contributed by atoms with Crippen molar-refractivity contribution in [2.45, 2.75) is 13.8 Å². The first kappa shape index (κ1) is 20.6. The van der Waals surface area contributed by atoms with Crippen molar-refractivity contribution in [2.75, 3.05) is 36.2 Å². The summed E-state index contributed by atoms with van der Waals surface area (Å²) in [5.41, 5.74) is 4.57. The quantitative estimate of drug-likeness (QED) is 0.437. The van der Waals surface area contributed by atoms with Crippen molar-refractivity contribution in [3.05, 3.63) is 52.8 Å². The number of aromatic nitrogens is 3. The molecule has 0 amide bonds. The first-order chi connectivity index (χ1) is 14.0. The number of aliphatic hydroxyl groups is 1. The van der Waals surface area contributed by atoms with Crippen LogP contribution in [0.3, 0.4) is 0 Å². The van der Waals surface area contributed by atoms with Gasteiger partial charge in [-0.05, 0) is 37.1 Å². The lowest BCUT2D eigenvalue weighted by Gasteiger charge is -2.14. The Hall–Kier alpha value is -3.10. The van der Waals surface area contributed by atoms with Crippen LogP contribution in [0.15, 0.2) is 36.7 Å². The van der Waals surface area contributed by atoms with Crippen molar-refractivity contribution >= 4 is 40.4 Å². The zero-order valence-corrected chi connectivity index (χ0v) is 17.2. The number of halogens is 1. The van der Waals surface area contributed by atoms with Gasteiger partial charge in [0.25, 0.3) is 0 Å². The van der Waals surface area contributed by atoms with Gasteiger partial charge in [-0.15, -0.1) is 0 Å². The minimum atomic E-state index is -0.0641. The van der Waals surface area contributed by atoms with Crippen LogP contribution in [0.5, 0.6) is 5.88 Å². The van der Waals surface area contributed by atoms with Crippen LogP contribution in [-0.4, -0.2) is 40.3 Å². The van der Waals surface area contributed by atoms with Crippen LogP contribution < -0.4 is 20.7 Å². The van der Waals surface area contributed by atoms with Crippen LogP contribution in [0.4, 0.5) is 28.8 Å². The number of hydrogen-bond acceptors (Lipinski definition) is 8. The molecule has 0 saturated carbocycles. The topological polar surface area (TPSA) is 104 Å². The smallest absolute Gasteiger partial charge is 0.229 e. The minimum absolute atomic E-state index is 0.0641. The maximum absolute atomic E-state index is 8.84. The second kappa shape index (κ2) is 9.40. The van der Waals surface area contributed by atoms with Crippen molar-refractivity contribution in [3.63, 3.8) is 0 Å². The zero-order valence-electron chi connectivity index (χ0n) is 16.5. The Kier molecular flexibility index (Phi) is 6.69. The predicted octanol–water partition coefficient (Wildman–Crippen LogP) is 4.04. The van der Waals surface area contributed by atoms with Gasteiger partial charge >= 0.3 is 0 Å². The van der Waals surface area contributed by atoms with E-state index in [2.05, 4.69) is 30.9 Å². The molecule has 29 heavy (non-hydrogen) atoms. The number of aliphatic hydroxyl groups excluding tert-OH is 1. The van der Waals surface area contributed by atoms with Gasteiger partial charge in [0.05, 0.1) is 36.1 Å². The molecule has 4 N–H and O–H groups in total. The van der Waals surface area contributed by atoms with E-state index in [9.17, 15) is 0 Å². The molecule has 8 nitrogen and oxygen atoms in total. The van der Waals surface area contributed by atoms with Crippen molar-refractivity contribution in [2.24, 2.45) is 0 Å². The Labute approximate surface area is 174 Å². The van der Waals surface area contributed by atoms with Crippen LogP contribution >= 0.6 is 11.6 Å². The second-order valence-electron chi connectivity index (χ2n) is 6.35. The molecule has 3 rings (SSSR count). The third-order valence-electron chi connectivity index (χ3n) is 4.12. The molecule has 0 unspecified atom stereocenters. The molecule has 9 heteroatoms. The Morgan fingerprint density at radius 1 is 1.03 bits per heavy atom. The van der Waals surface area contributed by atoms with Crippen molar-refractivity contribution < 1.29 is 9.84 Å².